The Morgan fingerprint density at radius 2 is 2.17 bits per heavy atom. The molecule has 2 heterocycles. The molecule has 96 valence electrons. The monoisotopic (exact) mass is 391 g/mol. The molecule has 0 radical (unpaired) electrons. The lowest BCUT2D eigenvalue weighted by Gasteiger charge is -2.11. The normalized spacial score (nSPS) is 12.4. The zero-order valence-electron chi connectivity index (χ0n) is 9.56. The van der Waals surface area contributed by atoms with Crippen LogP contribution in [0.3, 0.4) is 0 Å². The van der Waals surface area contributed by atoms with E-state index in [1.807, 2.05) is 13.0 Å². The number of aliphatic hydroxyl groups is 1. The molecule has 1 N–H and O–H groups in total. The number of hydrogen-bond acceptors (Lipinski definition) is 4. The van der Waals surface area contributed by atoms with Gasteiger partial charge in [-0.3, -0.25) is 4.98 Å². The van der Waals surface area contributed by atoms with Crippen LogP contribution in [0.25, 0.3) is 0 Å². The van der Waals surface area contributed by atoms with E-state index in [4.69, 9.17) is 4.74 Å². The highest BCUT2D eigenvalue weighted by molar-refractivity contribution is 9.12. The van der Waals surface area contributed by atoms with Gasteiger partial charge in [-0.05, 0) is 50.9 Å². The van der Waals surface area contributed by atoms with Crippen molar-refractivity contribution in [2.75, 3.05) is 6.61 Å². The summed E-state index contributed by atoms with van der Waals surface area (Å²) in [6.45, 7) is 2.49. The summed E-state index contributed by atoms with van der Waals surface area (Å²) in [4.78, 5) is 4.08. The first kappa shape index (κ1) is 14.0. The topological polar surface area (TPSA) is 42.4 Å². The van der Waals surface area contributed by atoms with E-state index < -0.39 is 6.10 Å². The van der Waals surface area contributed by atoms with E-state index in [0.717, 1.165) is 13.1 Å². The number of halogens is 2. The minimum Gasteiger partial charge on any atom is -0.492 e. The number of thiophene rings is 1. The first-order valence-electron chi connectivity index (χ1n) is 5.32. The zero-order chi connectivity index (χ0) is 13.1. The molecule has 2 aromatic rings. The van der Waals surface area contributed by atoms with E-state index in [1.54, 1.807) is 18.5 Å². The van der Waals surface area contributed by atoms with Crippen molar-refractivity contribution in [1.29, 1.82) is 0 Å². The van der Waals surface area contributed by atoms with Crippen molar-refractivity contribution in [1.82, 2.24) is 4.98 Å². The van der Waals surface area contributed by atoms with Crippen LogP contribution in [0.2, 0.25) is 0 Å². The third kappa shape index (κ3) is 3.12. The second kappa shape index (κ2) is 6.14. The summed E-state index contributed by atoms with van der Waals surface area (Å²) < 4.78 is 7.25. The molecule has 0 aromatic carbocycles. The Morgan fingerprint density at radius 3 is 2.78 bits per heavy atom. The van der Waals surface area contributed by atoms with Crippen LogP contribution in [0.1, 0.15) is 24.2 Å². The van der Waals surface area contributed by atoms with Gasteiger partial charge in [0, 0.05) is 17.3 Å². The number of aromatic nitrogens is 1. The van der Waals surface area contributed by atoms with Crippen LogP contribution in [0.15, 0.2) is 32.1 Å². The third-order valence-corrected chi connectivity index (χ3v) is 4.72. The van der Waals surface area contributed by atoms with Crippen LogP contribution in [-0.4, -0.2) is 16.7 Å². The molecule has 0 aliphatic carbocycles. The van der Waals surface area contributed by atoms with Gasteiger partial charge in [-0.25, -0.2) is 0 Å². The Balaban J connectivity index is 2.30. The largest absolute Gasteiger partial charge is 0.492 e. The lowest BCUT2D eigenvalue weighted by Crippen LogP contribution is -2.01. The van der Waals surface area contributed by atoms with E-state index in [-0.39, 0.29) is 0 Å². The van der Waals surface area contributed by atoms with E-state index in [2.05, 4.69) is 36.8 Å². The summed E-state index contributed by atoms with van der Waals surface area (Å²) in [5, 5.41) is 10.3. The second-order valence-electron chi connectivity index (χ2n) is 3.57. The van der Waals surface area contributed by atoms with Gasteiger partial charge in [0.25, 0.3) is 0 Å². The first-order valence-corrected chi connectivity index (χ1v) is 7.72. The average Bonchev–Trinajstić information content (AvgIpc) is 2.68. The Hall–Kier alpha value is -0.430. The van der Waals surface area contributed by atoms with Gasteiger partial charge >= 0.3 is 0 Å². The van der Waals surface area contributed by atoms with E-state index in [1.165, 1.54) is 11.3 Å². The fourth-order valence-corrected chi connectivity index (χ4v) is 4.43. The molecule has 0 amide bonds. The molecule has 0 aliphatic rings. The fraction of sp³-hybridized carbons (Fsp3) is 0.250. The van der Waals surface area contributed by atoms with Gasteiger partial charge in [-0.15, -0.1) is 11.3 Å². The van der Waals surface area contributed by atoms with E-state index in [9.17, 15) is 5.11 Å². The Kier molecular flexibility index (Phi) is 4.77. The van der Waals surface area contributed by atoms with E-state index in [0.29, 0.717) is 17.9 Å². The number of pyridine rings is 1. The summed E-state index contributed by atoms with van der Waals surface area (Å²) in [6, 6.07) is 3.70. The number of aliphatic hydroxyl groups excluding tert-OH is 1. The SMILES string of the molecule is CCOc1cncc(C(O)c2cc(Br)sc2Br)c1. The smallest absolute Gasteiger partial charge is 0.137 e. The van der Waals surface area contributed by atoms with Crippen LogP contribution in [0.5, 0.6) is 5.75 Å². The molecular formula is C12H11Br2NO2S. The third-order valence-electron chi connectivity index (χ3n) is 2.34. The van der Waals surface area contributed by atoms with Crippen molar-refractivity contribution < 1.29 is 9.84 Å². The molecule has 3 nitrogen and oxygen atoms in total. The van der Waals surface area contributed by atoms with Gasteiger partial charge in [-0.2, -0.15) is 0 Å². The Bertz CT molecular complexity index is 545. The highest BCUT2D eigenvalue weighted by Crippen LogP contribution is 2.38. The van der Waals surface area contributed by atoms with Crippen molar-refractivity contribution in [3.8, 4) is 5.75 Å². The van der Waals surface area contributed by atoms with Crippen LogP contribution in [0.4, 0.5) is 0 Å². The van der Waals surface area contributed by atoms with Crippen molar-refractivity contribution in [3.05, 3.63) is 43.2 Å². The van der Waals surface area contributed by atoms with E-state index >= 15 is 0 Å². The Morgan fingerprint density at radius 1 is 1.39 bits per heavy atom. The van der Waals surface area contributed by atoms with Crippen LogP contribution in [-0.2, 0) is 0 Å². The average molecular weight is 393 g/mol. The molecule has 0 spiro atoms. The maximum Gasteiger partial charge on any atom is 0.137 e. The maximum absolute atomic E-state index is 10.3. The summed E-state index contributed by atoms with van der Waals surface area (Å²) in [5.41, 5.74) is 1.54. The molecule has 1 atom stereocenters. The standard InChI is InChI=1S/C12H11Br2NO2S/c1-2-17-8-3-7(5-15-6-8)11(16)9-4-10(13)18-12(9)14/h3-6,11,16H,2H2,1H3. The molecule has 2 aromatic heterocycles. The van der Waals surface area contributed by atoms with Gasteiger partial charge in [-0.1, -0.05) is 0 Å². The van der Waals surface area contributed by atoms with Crippen LogP contribution in [0, 0.1) is 0 Å². The molecule has 0 fully saturated rings. The van der Waals surface area contributed by atoms with Crippen molar-refractivity contribution in [2.45, 2.75) is 13.0 Å². The molecule has 1 unspecified atom stereocenters. The van der Waals surface area contributed by atoms with Gasteiger partial charge < -0.3 is 9.84 Å². The highest BCUT2D eigenvalue weighted by Gasteiger charge is 2.17. The molecule has 6 heteroatoms. The first-order chi connectivity index (χ1) is 8.61. The summed E-state index contributed by atoms with van der Waals surface area (Å²) in [7, 11) is 0. The fourth-order valence-electron chi connectivity index (χ4n) is 1.55. The maximum atomic E-state index is 10.3. The lowest BCUT2D eigenvalue weighted by molar-refractivity contribution is 0.218. The minimum absolute atomic E-state index is 0.578. The molecule has 0 saturated heterocycles. The molecule has 18 heavy (non-hydrogen) atoms. The predicted molar refractivity (Wildman–Crippen MR) is 79.2 cm³/mol. The molecule has 0 bridgehead atoms. The lowest BCUT2D eigenvalue weighted by atomic mass is 10.1. The molecule has 0 aliphatic heterocycles. The molecule has 2 rings (SSSR count). The van der Waals surface area contributed by atoms with Crippen molar-refractivity contribution in [2.24, 2.45) is 0 Å². The van der Waals surface area contributed by atoms with Crippen LogP contribution >= 0.6 is 43.2 Å². The number of hydrogen-bond donors (Lipinski definition) is 1. The summed E-state index contributed by atoms with van der Waals surface area (Å²) in [6.07, 6.45) is 2.57. The van der Waals surface area contributed by atoms with Crippen molar-refractivity contribution in [3.63, 3.8) is 0 Å². The predicted octanol–water partition coefficient (Wildman–Crippen LogP) is 4.15. The summed E-state index contributed by atoms with van der Waals surface area (Å²) in [5.74, 6) is 0.666. The van der Waals surface area contributed by atoms with Gasteiger partial charge in [0.1, 0.15) is 11.9 Å². The zero-order valence-corrected chi connectivity index (χ0v) is 13.5. The molecular weight excluding hydrogens is 382 g/mol. The number of rotatable bonds is 4. The molecule has 0 saturated carbocycles. The van der Waals surface area contributed by atoms with Crippen LogP contribution < -0.4 is 4.74 Å². The quantitative estimate of drug-likeness (QED) is 0.849. The number of ether oxygens (including phenoxy) is 1. The second-order valence-corrected chi connectivity index (χ2v) is 7.32. The number of nitrogens with zero attached hydrogens (tertiary/aromatic N) is 1. The van der Waals surface area contributed by atoms with Gasteiger partial charge in [0.15, 0.2) is 0 Å². The highest BCUT2D eigenvalue weighted by atomic mass is 79.9. The summed E-state index contributed by atoms with van der Waals surface area (Å²) >= 11 is 8.37. The van der Waals surface area contributed by atoms with Gasteiger partial charge in [0.05, 0.1) is 20.4 Å². The Labute approximate surface area is 126 Å². The van der Waals surface area contributed by atoms with Crippen molar-refractivity contribution >= 4 is 43.2 Å². The minimum atomic E-state index is -0.713. The van der Waals surface area contributed by atoms with Gasteiger partial charge in [0.2, 0.25) is 0 Å².